The lowest BCUT2D eigenvalue weighted by molar-refractivity contribution is -0.142. The summed E-state index contributed by atoms with van der Waals surface area (Å²) in [4.78, 5) is 27.1. The predicted molar refractivity (Wildman–Crippen MR) is 121 cm³/mol. The number of ether oxygens (including phenoxy) is 1. The number of nitrogens with one attached hydrogen (secondary N) is 1. The van der Waals surface area contributed by atoms with E-state index in [-0.39, 0.29) is 25.0 Å². The van der Waals surface area contributed by atoms with Crippen molar-refractivity contribution in [3.05, 3.63) is 63.1 Å². The number of rotatable bonds is 9. The van der Waals surface area contributed by atoms with Crippen LogP contribution in [0.5, 0.6) is 5.75 Å². The molecular formula is C23H28Cl2N2O3. The first-order valence-corrected chi connectivity index (χ1v) is 10.7. The minimum absolute atomic E-state index is 0.170. The minimum atomic E-state index is -0.666. The molecule has 0 aliphatic heterocycles. The number of hydrogen-bond acceptors (Lipinski definition) is 3. The van der Waals surface area contributed by atoms with Gasteiger partial charge in [0.1, 0.15) is 11.8 Å². The number of hydrogen-bond donors (Lipinski definition) is 1. The van der Waals surface area contributed by atoms with Crippen LogP contribution in [-0.4, -0.2) is 35.9 Å². The highest BCUT2D eigenvalue weighted by molar-refractivity contribution is 6.42. The van der Waals surface area contributed by atoms with Gasteiger partial charge in [-0.2, -0.15) is 0 Å². The Balaban J connectivity index is 2.18. The second-order valence-electron chi connectivity index (χ2n) is 7.29. The number of aryl methyl sites for hydroxylation is 2. The Morgan fingerprint density at radius 3 is 2.47 bits per heavy atom. The lowest BCUT2D eigenvalue weighted by Gasteiger charge is -2.29. The van der Waals surface area contributed by atoms with E-state index in [9.17, 15) is 9.59 Å². The molecular weight excluding hydrogens is 423 g/mol. The third-order valence-corrected chi connectivity index (χ3v) is 5.47. The molecule has 2 aromatic carbocycles. The maximum Gasteiger partial charge on any atom is 0.261 e. The van der Waals surface area contributed by atoms with Crippen LogP contribution in [0.25, 0.3) is 0 Å². The Morgan fingerprint density at radius 1 is 1.10 bits per heavy atom. The van der Waals surface area contributed by atoms with Gasteiger partial charge in [0.2, 0.25) is 5.91 Å². The van der Waals surface area contributed by atoms with Gasteiger partial charge in [0.25, 0.3) is 5.91 Å². The summed E-state index contributed by atoms with van der Waals surface area (Å²) in [5.74, 6) is 0.142. The third kappa shape index (κ3) is 6.64. The molecule has 0 radical (unpaired) electrons. The predicted octanol–water partition coefficient (Wildman–Crippen LogP) is 4.93. The maximum absolute atomic E-state index is 13.0. The number of amides is 2. The van der Waals surface area contributed by atoms with E-state index in [4.69, 9.17) is 27.9 Å². The summed E-state index contributed by atoms with van der Waals surface area (Å²) in [6, 6.07) is 10.3. The zero-order chi connectivity index (χ0) is 22.3. The molecule has 30 heavy (non-hydrogen) atoms. The van der Waals surface area contributed by atoms with Gasteiger partial charge in [0, 0.05) is 13.1 Å². The largest absolute Gasteiger partial charge is 0.483 e. The van der Waals surface area contributed by atoms with Gasteiger partial charge < -0.3 is 15.0 Å². The van der Waals surface area contributed by atoms with E-state index in [0.717, 1.165) is 23.1 Å². The molecule has 0 aliphatic rings. The fourth-order valence-corrected chi connectivity index (χ4v) is 3.32. The first-order chi connectivity index (χ1) is 14.2. The zero-order valence-electron chi connectivity index (χ0n) is 17.8. The molecule has 2 amide bonds. The highest BCUT2D eigenvalue weighted by atomic mass is 35.5. The molecule has 0 bridgehead atoms. The van der Waals surface area contributed by atoms with Gasteiger partial charge in [-0.3, -0.25) is 9.59 Å². The van der Waals surface area contributed by atoms with E-state index in [0.29, 0.717) is 22.3 Å². The van der Waals surface area contributed by atoms with E-state index in [2.05, 4.69) is 5.32 Å². The maximum atomic E-state index is 13.0. The van der Waals surface area contributed by atoms with Gasteiger partial charge >= 0.3 is 0 Å². The molecule has 1 atom stereocenters. The zero-order valence-corrected chi connectivity index (χ0v) is 19.3. The van der Waals surface area contributed by atoms with E-state index in [1.54, 1.807) is 25.1 Å². The normalized spacial score (nSPS) is 11.7. The number of halogens is 2. The fourth-order valence-electron chi connectivity index (χ4n) is 3.00. The molecule has 1 N–H and O–H groups in total. The summed E-state index contributed by atoms with van der Waals surface area (Å²) in [5.41, 5.74) is 2.85. The van der Waals surface area contributed by atoms with Crippen molar-refractivity contribution in [2.75, 3.05) is 13.2 Å². The lowest BCUT2D eigenvalue weighted by Crippen LogP contribution is -2.49. The second-order valence-corrected chi connectivity index (χ2v) is 8.11. The van der Waals surface area contributed by atoms with Crippen molar-refractivity contribution < 1.29 is 14.3 Å². The minimum Gasteiger partial charge on any atom is -0.483 e. The lowest BCUT2D eigenvalue weighted by atomic mass is 10.1. The summed E-state index contributed by atoms with van der Waals surface area (Å²) < 4.78 is 5.76. The first-order valence-electron chi connectivity index (χ1n) is 9.94. The molecule has 0 aromatic heterocycles. The molecule has 0 fully saturated rings. The van der Waals surface area contributed by atoms with Crippen LogP contribution in [0.1, 0.15) is 37.0 Å². The van der Waals surface area contributed by atoms with Crippen LogP contribution in [-0.2, 0) is 16.1 Å². The van der Waals surface area contributed by atoms with Gasteiger partial charge in [-0.1, -0.05) is 53.9 Å². The summed E-state index contributed by atoms with van der Waals surface area (Å²) in [6.07, 6.45) is 0.814. The number of carbonyl (C=O) groups is 2. The van der Waals surface area contributed by atoms with Crippen LogP contribution in [0, 0.1) is 13.8 Å². The van der Waals surface area contributed by atoms with Crippen molar-refractivity contribution in [1.29, 1.82) is 0 Å². The molecule has 0 heterocycles. The molecule has 162 valence electrons. The van der Waals surface area contributed by atoms with Gasteiger partial charge in [0.05, 0.1) is 10.0 Å². The summed E-state index contributed by atoms with van der Waals surface area (Å²) >= 11 is 12.1. The quantitative estimate of drug-likeness (QED) is 0.588. The first kappa shape index (κ1) is 24.0. The third-order valence-electron chi connectivity index (χ3n) is 4.74. The summed E-state index contributed by atoms with van der Waals surface area (Å²) in [6.45, 7) is 8.21. The Hall–Kier alpha value is -2.24. The molecule has 2 rings (SSSR count). The van der Waals surface area contributed by atoms with Crippen molar-refractivity contribution in [2.45, 2.75) is 46.7 Å². The molecule has 7 heteroatoms. The summed E-state index contributed by atoms with van der Waals surface area (Å²) in [5, 5.41) is 3.68. The molecule has 0 unspecified atom stereocenters. The van der Waals surface area contributed by atoms with E-state index in [1.807, 2.05) is 39.0 Å². The van der Waals surface area contributed by atoms with E-state index >= 15 is 0 Å². The highest BCUT2D eigenvalue weighted by Gasteiger charge is 2.26. The Morgan fingerprint density at radius 2 is 1.83 bits per heavy atom. The van der Waals surface area contributed by atoms with Crippen LogP contribution in [0.3, 0.4) is 0 Å². The van der Waals surface area contributed by atoms with E-state index < -0.39 is 6.04 Å². The Labute approximate surface area is 188 Å². The van der Waals surface area contributed by atoms with Crippen LogP contribution >= 0.6 is 23.2 Å². The van der Waals surface area contributed by atoms with Crippen LogP contribution < -0.4 is 10.1 Å². The highest BCUT2D eigenvalue weighted by Crippen LogP contribution is 2.24. The monoisotopic (exact) mass is 450 g/mol. The topological polar surface area (TPSA) is 58.6 Å². The standard InChI is InChI=1S/C23H28Cl2N2O3/c1-5-10-26-23(29)17(4)27(13-18-7-8-19(24)20(25)12-18)22(28)14-30-21-9-6-15(2)11-16(21)3/h6-9,11-12,17H,5,10,13-14H2,1-4H3,(H,26,29)/t17-/m0/s1. The van der Waals surface area contributed by atoms with Crippen molar-refractivity contribution in [2.24, 2.45) is 0 Å². The van der Waals surface area contributed by atoms with Gasteiger partial charge in [-0.15, -0.1) is 0 Å². The summed E-state index contributed by atoms with van der Waals surface area (Å²) in [7, 11) is 0. The van der Waals surface area contributed by atoms with Crippen LogP contribution in [0.15, 0.2) is 36.4 Å². The van der Waals surface area contributed by atoms with Gasteiger partial charge in [0.15, 0.2) is 6.61 Å². The molecule has 0 saturated heterocycles. The van der Waals surface area contributed by atoms with Gasteiger partial charge in [-0.25, -0.2) is 0 Å². The van der Waals surface area contributed by atoms with Crippen LogP contribution in [0.4, 0.5) is 0 Å². The van der Waals surface area contributed by atoms with Crippen molar-refractivity contribution >= 4 is 35.0 Å². The Kier molecular flexibility index (Phi) is 9.00. The van der Waals surface area contributed by atoms with Crippen LogP contribution in [0.2, 0.25) is 10.0 Å². The smallest absolute Gasteiger partial charge is 0.261 e. The fraction of sp³-hybridized carbons (Fsp3) is 0.391. The average molecular weight is 451 g/mol. The number of carbonyl (C=O) groups excluding carboxylic acids is 2. The van der Waals surface area contributed by atoms with Crippen molar-refractivity contribution in [3.8, 4) is 5.75 Å². The molecule has 2 aromatic rings. The number of benzene rings is 2. The molecule has 5 nitrogen and oxygen atoms in total. The SMILES string of the molecule is CCCNC(=O)[C@H](C)N(Cc1ccc(Cl)c(Cl)c1)C(=O)COc1ccc(C)cc1C. The van der Waals surface area contributed by atoms with Gasteiger partial charge in [-0.05, 0) is 56.5 Å². The van der Waals surface area contributed by atoms with E-state index in [1.165, 1.54) is 4.90 Å². The van der Waals surface area contributed by atoms with Crippen molar-refractivity contribution in [3.63, 3.8) is 0 Å². The molecule has 0 spiro atoms. The Bertz CT molecular complexity index is 902. The second kappa shape index (κ2) is 11.2. The van der Waals surface area contributed by atoms with Crippen molar-refractivity contribution in [1.82, 2.24) is 10.2 Å². The molecule has 0 saturated carbocycles. The molecule has 0 aliphatic carbocycles. The number of nitrogens with zero attached hydrogens (tertiary/aromatic N) is 1. The average Bonchev–Trinajstić information content (AvgIpc) is 2.71.